The van der Waals surface area contributed by atoms with Crippen LogP contribution >= 0.6 is 0 Å². The standard InChI is InChI=1S/C28H30N2O7/c1-34-22-15-12-19(17-24(22)35-2)25(26(31)29-20-7-4-5-8-20)30(27(32)23-9-6-16-37-23)21-13-10-18(11-14-21)28(33)36-3/h6,9-17,20,25H,4-5,7-8H2,1-3H3,(H,29,31)/t25-/m0/s1. The van der Waals surface area contributed by atoms with Gasteiger partial charge >= 0.3 is 5.97 Å². The number of ether oxygens (including phenoxy) is 3. The molecule has 3 aromatic rings. The molecule has 1 fully saturated rings. The molecule has 0 bridgehead atoms. The van der Waals surface area contributed by atoms with E-state index in [1.807, 2.05) is 0 Å². The lowest BCUT2D eigenvalue weighted by Gasteiger charge is -2.32. The van der Waals surface area contributed by atoms with Gasteiger partial charge in [-0.1, -0.05) is 18.9 Å². The Morgan fingerprint density at radius 1 is 0.946 bits per heavy atom. The highest BCUT2D eigenvalue weighted by atomic mass is 16.5. The fourth-order valence-corrected chi connectivity index (χ4v) is 4.57. The molecule has 1 aliphatic carbocycles. The molecule has 0 radical (unpaired) electrons. The van der Waals surface area contributed by atoms with Gasteiger partial charge in [0.15, 0.2) is 17.3 Å². The molecule has 1 aliphatic rings. The Balaban J connectivity index is 1.84. The Hall–Kier alpha value is -4.27. The van der Waals surface area contributed by atoms with Gasteiger partial charge in [0.25, 0.3) is 5.91 Å². The van der Waals surface area contributed by atoms with Crippen molar-refractivity contribution < 1.29 is 33.0 Å². The zero-order valence-corrected chi connectivity index (χ0v) is 21.1. The van der Waals surface area contributed by atoms with Crippen molar-refractivity contribution in [1.29, 1.82) is 0 Å². The smallest absolute Gasteiger partial charge is 0.337 e. The van der Waals surface area contributed by atoms with Gasteiger partial charge in [-0.2, -0.15) is 0 Å². The van der Waals surface area contributed by atoms with E-state index in [0.29, 0.717) is 28.3 Å². The maximum absolute atomic E-state index is 13.9. The third kappa shape index (κ3) is 5.61. The average molecular weight is 507 g/mol. The minimum atomic E-state index is -1.07. The molecule has 0 spiro atoms. The van der Waals surface area contributed by atoms with E-state index in [1.54, 1.807) is 54.6 Å². The highest BCUT2D eigenvalue weighted by Crippen LogP contribution is 2.36. The maximum atomic E-state index is 13.9. The molecule has 9 nitrogen and oxygen atoms in total. The molecule has 194 valence electrons. The van der Waals surface area contributed by atoms with Gasteiger partial charge in [-0.3, -0.25) is 14.5 Å². The van der Waals surface area contributed by atoms with Crippen LogP contribution in [0.4, 0.5) is 5.69 Å². The first-order valence-electron chi connectivity index (χ1n) is 12.0. The molecule has 1 saturated carbocycles. The van der Waals surface area contributed by atoms with Crippen molar-refractivity contribution in [3.63, 3.8) is 0 Å². The number of nitrogens with zero attached hydrogens (tertiary/aromatic N) is 1. The van der Waals surface area contributed by atoms with Crippen molar-refractivity contribution in [2.45, 2.75) is 37.8 Å². The molecule has 4 rings (SSSR count). The number of esters is 1. The topological polar surface area (TPSA) is 107 Å². The molecule has 0 aliphatic heterocycles. The van der Waals surface area contributed by atoms with Crippen LogP contribution in [-0.2, 0) is 9.53 Å². The van der Waals surface area contributed by atoms with E-state index in [1.165, 1.54) is 32.5 Å². The quantitative estimate of drug-likeness (QED) is 0.425. The first kappa shape index (κ1) is 25.8. The van der Waals surface area contributed by atoms with Gasteiger partial charge in [-0.05, 0) is 66.9 Å². The molecule has 1 heterocycles. The fourth-order valence-electron chi connectivity index (χ4n) is 4.57. The molecule has 0 saturated heterocycles. The number of rotatable bonds is 9. The largest absolute Gasteiger partial charge is 0.493 e. The summed E-state index contributed by atoms with van der Waals surface area (Å²) in [6, 6.07) is 13.5. The number of benzene rings is 2. The summed E-state index contributed by atoms with van der Waals surface area (Å²) < 4.78 is 21.1. The number of carbonyl (C=O) groups is 3. The third-order valence-corrected chi connectivity index (χ3v) is 6.45. The fraction of sp³-hybridized carbons (Fsp3) is 0.321. The summed E-state index contributed by atoms with van der Waals surface area (Å²) in [5.41, 5.74) is 1.23. The molecule has 9 heteroatoms. The molecule has 1 aromatic heterocycles. The van der Waals surface area contributed by atoms with E-state index < -0.39 is 17.9 Å². The summed E-state index contributed by atoms with van der Waals surface area (Å²) in [6.45, 7) is 0. The van der Waals surface area contributed by atoms with Crippen LogP contribution in [0.2, 0.25) is 0 Å². The molecule has 2 amide bonds. The minimum Gasteiger partial charge on any atom is -0.493 e. The summed E-state index contributed by atoms with van der Waals surface area (Å²) >= 11 is 0. The second kappa shape index (κ2) is 11.6. The second-order valence-corrected chi connectivity index (χ2v) is 8.70. The van der Waals surface area contributed by atoms with Crippen LogP contribution in [0.15, 0.2) is 65.3 Å². The second-order valence-electron chi connectivity index (χ2n) is 8.70. The van der Waals surface area contributed by atoms with Gasteiger partial charge in [-0.15, -0.1) is 0 Å². The van der Waals surface area contributed by atoms with Crippen molar-refractivity contribution in [1.82, 2.24) is 5.32 Å². The Morgan fingerprint density at radius 3 is 2.24 bits per heavy atom. The number of hydrogen-bond donors (Lipinski definition) is 1. The van der Waals surface area contributed by atoms with Crippen molar-refractivity contribution in [2.75, 3.05) is 26.2 Å². The summed E-state index contributed by atoms with van der Waals surface area (Å²) in [5, 5.41) is 3.12. The van der Waals surface area contributed by atoms with Crippen molar-refractivity contribution in [3.8, 4) is 11.5 Å². The zero-order valence-electron chi connectivity index (χ0n) is 21.1. The lowest BCUT2D eigenvalue weighted by atomic mass is 10.0. The maximum Gasteiger partial charge on any atom is 0.337 e. The first-order valence-corrected chi connectivity index (χ1v) is 12.0. The normalized spacial score (nSPS) is 14.0. The van der Waals surface area contributed by atoms with E-state index in [9.17, 15) is 14.4 Å². The average Bonchev–Trinajstić information content (AvgIpc) is 3.65. The first-order chi connectivity index (χ1) is 18.0. The Bertz CT molecular complexity index is 1230. The van der Waals surface area contributed by atoms with Gasteiger partial charge in [0.1, 0.15) is 6.04 Å². The molecular weight excluding hydrogens is 476 g/mol. The number of amides is 2. The van der Waals surface area contributed by atoms with E-state index >= 15 is 0 Å². The Morgan fingerprint density at radius 2 is 1.65 bits per heavy atom. The molecule has 1 atom stereocenters. The van der Waals surface area contributed by atoms with Crippen molar-refractivity contribution in [2.24, 2.45) is 0 Å². The van der Waals surface area contributed by atoms with Crippen LogP contribution in [-0.4, -0.2) is 45.2 Å². The van der Waals surface area contributed by atoms with E-state index in [4.69, 9.17) is 18.6 Å². The molecule has 0 unspecified atom stereocenters. The van der Waals surface area contributed by atoms with Gasteiger partial charge in [-0.25, -0.2) is 4.79 Å². The summed E-state index contributed by atoms with van der Waals surface area (Å²) in [7, 11) is 4.33. The minimum absolute atomic E-state index is 0.0254. The van der Waals surface area contributed by atoms with Gasteiger partial charge < -0.3 is 23.9 Å². The number of nitrogens with one attached hydrogen (secondary N) is 1. The van der Waals surface area contributed by atoms with Gasteiger partial charge in [0.05, 0.1) is 33.2 Å². The lowest BCUT2D eigenvalue weighted by Crippen LogP contribution is -2.46. The lowest BCUT2D eigenvalue weighted by molar-refractivity contribution is -0.123. The monoisotopic (exact) mass is 506 g/mol. The number of hydrogen-bond acceptors (Lipinski definition) is 7. The van der Waals surface area contributed by atoms with Crippen LogP contribution in [0.25, 0.3) is 0 Å². The molecule has 1 N–H and O–H groups in total. The number of anilines is 1. The third-order valence-electron chi connectivity index (χ3n) is 6.45. The molecular formula is C28H30N2O7. The van der Waals surface area contributed by atoms with Crippen LogP contribution < -0.4 is 19.7 Å². The number of carbonyl (C=O) groups excluding carboxylic acids is 3. The summed E-state index contributed by atoms with van der Waals surface area (Å²) in [5.74, 6) is -0.382. The van der Waals surface area contributed by atoms with Gasteiger partial charge in [0, 0.05) is 11.7 Å². The molecule has 2 aromatic carbocycles. The predicted molar refractivity (Wildman–Crippen MR) is 136 cm³/mol. The van der Waals surface area contributed by atoms with E-state index in [2.05, 4.69) is 5.32 Å². The Kier molecular flexibility index (Phi) is 8.12. The number of furan rings is 1. The van der Waals surface area contributed by atoms with E-state index in [-0.39, 0.29) is 17.7 Å². The summed E-state index contributed by atoms with van der Waals surface area (Å²) in [4.78, 5) is 41.1. The molecule has 37 heavy (non-hydrogen) atoms. The highest BCUT2D eigenvalue weighted by Gasteiger charge is 2.36. The van der Waals surface area contributed by atoms with Crippen LogP contribution in [0, 0.1) is 0 Å². The zero-order chi connectivity index (χ0) is 26.4. The van der Waals surface area contributed by atoms with Crippen LogP contribution in [0.1, 0.15) is 58.2 Å². The predicted octanol–water partition coefficient (Wildman–Crippen LogP) is 4.53. The Labute approximate surface area is 215 Å². The number of methoxy groups -OCH3 is 3. The SMILES string of the molecule is COC(=O)c1ccc(N(C(=O)c2ccco2)[C@H](C(=O)NC2CCCC2)c2ccc(OC)c(OC)c2)cc1. The van der Waals surface area contributed by atoms with Crippen LogP contribution in [0.5, 0.6) is 11.5 Å². The highest BCUT2D eigenvalue weighted by molar-refractivity contribution is 6.09. The van der Waals surface area contributed by atoms with Crippen molar-refractivity contribution in [3.05, 3.63) is 77.7 Å². The summed E-state index contributed by atoms with van der Waals surface area (Å²) in [6.07, 6.45) is 5.23. The van der Waals surface area contributed by atoms with Crippen molar-refractivity contribution >= 4 is 23.5 Å². The van der Waals surface area contributed by atoms with Gasteiger partial charge in [0.2, 0.25) is 5.91 Å². The van der Waals surface area contributed by atoms with Crippen LogP contribution in [0.3, 0.4) is 0 Å². The van der Waals surface area contributed by atoms with E-state index in [0.717, 1.165) is 25.7 Å².